The Morgan fingerprint density at radius 3 is 2.08 bits per heavy atom. The highest BCUT2D eigenvalue weighted by molar-refractivity contribution is 5.67. The van der Waals surface area contributed by atoms with Crippen LogP contribution >= 0.6 is 0 Å². The van der Waals surface area contributed by atoms with Gasteiger partial charge in [-0.1, -0.05) is 50.1 Å². The van der Waals surface area contributed by atoms with Crippen LogP contribution in [0.4, 0.5) is 0 Å². The molecule has 0 N–H and O–H groups in total. The predicted octanol–water partition coefficient (Wildman–Crippen LogP) is 6.17. The summed E-state index contributed by atoms with van der Waals surface area (Å²) in [5.74, 6) is 1.63. The Labute approximate surface area is 150 Å². The van der Waals surface area contributed by atoms with Crippen molar-refractivity contribution in [1.82, 2.24) is 0 Å². The maximum absolute atomic E-state index is 9.19. The van der Waals surface area contributed by atoms with Crippen molar-refractivity contribution in [2.75, 3.05) is 0 Å². The maximum atomic E-state index is 9.19. The second-order valence-corrected chi connectivity index (χ2v) is 7.11. The van der Waals surface area contributed by atoms with Gasteiger partial charge in [-0.05, 0) is 66.3 Å². The van der Waals surface area contributed by atoms with E-state index in [-0.39, 0.29) is 0 Å². The molecule has 0 unspecified atom stereocenters. The zero-order valence-corrected chi connectivity index (χ0v) is 14.8. The molecule has 1 fully saturated rings. The standard InChI is InChI=1S/C23H24N2/c1-2-3-17-4-6-18(7-5-17)19-8-10-20(11-9-19)21-12-13-22(15-24)23(14-21)16-25/h8-14,17-18H,2-7H2,1H3/t17-,18-. The van der Waals surface area contributed by atoms with Crippen LogP contribution in [0.2, 0.25) is 0 Å². The Hall–Kier alpha value is -2.58. The van der Waals surface area contributed by atoms with Gasteiger partial charge in [0, 0.05) is 0 Å². The van der Waals surface area contributed by atoms with Crippen LogP contribution in [-0.2, 0) is 0 Å². The van der Waals surface area contributed by atoms with E-state index in [0.717, 1.165) is 17.0 Å². The maximum Gasteiger partial charge on any atom is 0.101 e. The molecule has 3 rings (SSSR count). The lowest BCUT2D eigenvalue weighted by atomic mass is 9.77. The van der Waals surface area contributed by atoms with Gasteiger partial charge in [0.25, 0.3) is 0 Å². The molecule has 1 aliphatic rings. The molecule has 0 spiro atoms. The second kappa shape index (κ2) is 8.00. The van der Waals surface area contributed by atoms with Crippen LogP contribution in [0.3, 0.4) is 0 Å². The van der Waals surface area contributed by atoms with Gasteiger partial charge in [0.05, 0.1) is 11.1 Å². The lowest BCUT2D eigenvalue weighted by Crippen LogP contribution is -2.13. The fourth-order valence-corrected chi connectivity index (χ4v) is 4.05. The van der Waals surface area contributed by atoms with Crippen molar-refractivity contribution in [3.05, 3.63) is 59.2 Å². The van der Waals surface area contributed by atoms with Crippen LogP contribution < -0.4 is 0 Å². The molecule has 0 aromatic heterocycles. The molecule has 0 atom stereocenters. The first-order valence-corrected chi connectivity index (χ1v) is 9.29. The summed E-state index contributed by atoms with van der Waals surface area (Å²) in [5, 5.41) is 18.2. The third-order valence-corrected chi connectivity index (χ3v) is 5.52. The summed E-state index contributed by atoms with van der Waals surface area (Å²) in [4.78, 5) is 0. The number of hydrogen-bond acceptors (Lipinski definition) is 2. The summed E-state index contributed by atoms with van der Waals surface area (Å²) in [7, 11) is 0. The number of rotatable bonds is 4. The molecule has 0 saturated heterocycles. The van der Waals surface area contributed by atoms with Crippen LogP contribution in [0.25, 0.3) is 11.1 Å². The van der Waals surface area contributed by atoms with Crippen molar-refractivity contribution in [3.63, 3.8) is 0 Å². The minimum Gasteiger partial charge on any atom is -0.192 e. The van der Waals surface area contributed by atoms with Gasteiger partial charge in [0.2, 0.25) is 0 Å². The first-order valence-electron chi connectivity index (χ1n) is 9.29. The highest BCUT2D eigenvalue weighted by atomic mass is 14.3. The topological polar surface area (TPSA) is 47.6 Å². The van der Waals surface area contributed by atoms with Gasteiger partial charge in [0.1, 0.15) is 12.1 Å². The Balaban J connectivity index is 1.73. The molecule has 126 valence electrons. The van der Waals surface area contributed by atoms with E-state index in [1.807, 2.05) is 12.1 Å². The third-order valence-electron chi connectivity index (χ3n) is 5.52. The van der Waals surface area contributed by atoms with Gasteiger partial charge in [-0.2, -0.15) is 10.5 Å². The van der Waals surface area contributed by atoms with Gasteiger partial charge in [-0.25, -0.2) is 0 Å². The zero-order chi connectivity index (χ0) is 17.6. The molecule has 2 heteroatoms. The van der Waals surface area contributed by atoms with Gasteiger partial charge in [-0.3, -0.25) is 0 Å². The van der Waals surface area contributed by atoms with Gasteiger partial charge in [-0.15, -0.1) is 0 Å². The summed E-state index contributed by atoms with van der Waals surface area (Å²) in [6.07, 6.45) is 8.02. The molecule has 2 nitrogen and oxygen atoms in total. The molecule has 25 heavy (non-hydrogen) atoms. The van der Waals surface area contributed by atoms with E-state index < -0.39 is 0 Å². The number of nitriles is 2. The van der Waals surface area contributed by atoms with Crippen LogP contribution in [0, 0.1) is 28.6 Å². The van der Waals surface area contributed by atoms with E-state index in [1.54, 1.807) is 6.07 Å². The number of hydrogen-bond donors (Lipinski definition) is 0. The van der Waals surface area contributed by atoms with E-state index in [2.05, 4.69) is 43.3 Å². The molecule has 0 amide bonds. The summed E-state index contributed by atoms with van der Waals surface area (Å²) in [5.41, 5.74) is 4.41. The van der Waals surface area contributed by atoms with Crippen molar-refractivity contribution >= 4 is 0 Å². The van der Waals surface area contributed by atoms with Crippen LogP contribution in [0.15, 0.2) is 42.5 Å². The monoisotopic (exact) mass is 328 g/mol. The third kappa shape index (κ3) is 3.92. The normalized spacial score (nSPS) is 19.8. The molecule has 1 aliphatic carbocycles. The summed E-state index contributed by atoms with van der Waals surface area (Å²) < 4.78 is 0. The Morgan fingerprint density at radius 1 is 0.840 bits per heavy atom. The SMILES string of the molecule is CCC[C@H]1CC[C@H](c2ccc(-c3ccc(C#N)c(C#N)c3)cc2)CC1. The fraction of sp³-hybridized carbons (Fsp3) is 0.391. The first-order chi connectivity index (χ1) is 12.2. The molecule has 1 saturated carbocycles. The van der Waals surface area contributed by atoms with Crippen molar-refractivity contribution in [3.8, 4) is 23.3 Å². The van der Waals surface area contributed by atoms with Crippen LogP contribution in [0.1, 0.15) is 68.1 Å². The average molecular weight is 328 g/mol. The van der Waals surface area contributed by atoms with E-state index in [4.69, 9.17) is 5.26 Å². The van der Waals surface area contributed by atoms with E-state index >= 15 is 0 Å². The highest BCUT2D eigenvalue weighted by Gasteiger charge is 2.21. The lowest BCUT2D eigenvalue weighted by Gasteiger charge is -2.28. The quantitative estimate of drug-likeness (QED) is 0.673. The lowest BCUT2D eigenvalue weighted by molar-refractivity contribution is 0.308. The highest BCUT2D eigenvalue weighted by Crippen LogP contribution is 2.38. The van der Waals surface area contributed by atoms with Crippen molar-refractivity contribution in [2.24, 2.45) is 5.92 Å². The van der Waals surface area contributed by atoms with Gasteiger partial charge < -0.3 is 0 Å². The fourth-order valence-electron chi connectivity index (χ4n) is 4.05. The molecule has 2 aromatic rings. The Kier molecular flexibility index (Phi) is 5.52. The Morgan fingerprint density at radius 2 is 1.48 bits per heavy atom. The van der Waals surface area contributed by atoms with E-state index in [1.165, 1.54) is 44.1 Å². The van der Waals surface area contributed by atoms with Crippen molar-refractivity contribution in [2.45, 2.75) is 51.4 Å². The molecule has 0 bridgehead atoms. The zero-order valence-electron chi connectivity index (χ0n) is 14.8. The van der Waals surface area contributed by atoms with Gasteiger partial charge in [0.15, 0.2) is 0 Å². The molecule has 0 heterocycles. The van der Waals surface area contributed by atoms with Crippen molar-refractivity contribution < 1.29 is 0 Å². The molecule has 0 radical (unpaired) electrons. The molecule has 0 aliphatic heterocycles. The molecular weight excluding hydrogens is 304 g/mol. The van der Waals surface area contributed by atoms with Crippen LogP contribution in [-0.4, -0.2) is 0 Å². The second-order valence-electron chi connectivity index (χ2n) is 7.11. The van der Waals surface area contributed by atoms with Gasteiger partial charge >= 0.3 is 0 Å². The average Bonchev–Trinajstić information content (AvgIpc) is 2.68. The number of benzene rings is 2. The minimum atomic E-state index is 0.437. The largest absolute Gasteiger partial charge is 0.192 e. The smallest absolute Gasteiger partial charge is 0.101 e. The Bertz CT molecular complexity index is 797. The van der Waals surface area contributed by atoms with E-state index in [0.29, 0.717) is 17.0 Å². The molecular formula is C23H24N2. The summed E-state index contributed by atoms with van der Waals surface area (Å²) >= 11 is 0. The predicted molar refractivity (Wildman–Crippen MR) is 101 cm³/mol. The first kappa shape index (κ1) is 17.2. The van der Waals surface area contributed by atoms with Crippen LogP contribution in [0.5, 0.6) is 0 Å². The van der Waals surface area contributed by atoms with E-state index in [9.17, 15) is 5.26 Å². The summed E-state index contributed by atoms with van der Waals surface area (Å²) in [6.45, 7) is 2.28. The number of nitrogens with zero attached hydrogens (tertiary/aromatic N) is 2. The van der Waals surface area contributed by atoms with Crippen molar-refractivity contribution in [1.29, 1.82) is 10.5 Å². The molecule has 2 aromatic carbocycles. The minimum absolute atomic E-state index is 0.437. The summed E-state index contributed by atoms with van der Waals surface area (Å²) in [6, 6.07) is 18.4.